The molecule has 0 radical (unpaired) electrons. The van der Waals surface area contributed by atoms with E-state index in [4.69, 9.17) is 5.73 Å². The lowest BCUT2D eigenvalue weighted by molar-refractivity contribution is -0.122. The van der Waals surface area contributed by atoms with Crippen LogP contribution in [0.2, 0.25) is 0 Å². The van der Waals surface area contributed by atoms with Gasteiger partial charge in [0.1, 0.15) is 0 Å². The highest BCUT2D eigenvalue weighted by molar-refractivity contribution is 5.97. The van der Waals surface area contributed by atoms with E-state index < -0.39 is 5.54 Å². The molecule has 0 unspecified atom stereocenters. The molecule has 17 heavy (non-hydrogen) atoms. The standard InChI is InChI=1S/C11H18N4O.ClH/c1-15-8-5-9(14-15)13-10(16)11(12)6-3-2-4-7-11;/h5,8H,2-4,6-7,12H2,1H3,(H,13,14,16);1H. The number of anilines is 1. The molecule has 0 aliphatic heterocycles. The molecule has 3 N–H and O–H groups in total. The van der Waals surface area contributed by atoms with Gasteiger partial charge in [-0.05, 0) is 12.8 Å². The monoisotopic (exact) mass is 258 g/mol. The average Bonchev–Trinajstić information content (AvgIpc) is 2.65. The zero-order valence-electron chi connectivity index (χ0n) is 9.98. The first-order chi connectivity index (χ1) is 7.60. The van der Waals surface area contributed by atoms with Gasteiger partial charge in [-0.1, -0.05) is 19.3 Å². The first-order valence-electron chi connectivity index (χ1n) is 5.70. The summed E-state index contributed by atoms with van der Waals surface area (Å²) in [5, 5.41) is 6.88. The van der Waals surface area contributed by atoms with Crippen LogP contribution >= 0.6 is 12.4 Å². The minimum atomic E-state index is -0.699. The number of carbonyl (C=O) groups excluding carboxylic acids is 1. The molecule has 1 aromatic heterocycles. The van der Waals surface area contributed by atoms with Crippen molar-refractivity contribution in [2.24, 2.45) is 12.8 Å². The normalized spacial score (nSPS) is 18.2. The van der Waals surface area contributed by atoms with Crippen molar-refractivity contribution in [1.29, 1.82) is 0 Å². The second-order valence-electron chi connectivity index (χ2n) is 4.55. The number of aryl methyl sites for hydroxylation is 1. The summed E-state index contributed by atoms with van der Waals surface area (Å²) >= 11 is 0. The SMILES string of the molecule is Cl.Cn1ccc(NC(=O)C2(N)CCCCC2)n1. The topological polar surface area (TPSA) is 72.9 Å². The molecular formula is C11H19ClN4O. The van der Waals surface area contributed by atoms with Gasteiger partial charge in [0.15, 0.2) is 5.82 Å². The van der Waals surface area contributed by atoms with Crippen molar-refractivity contribution in [3.8, 4) is 0 Å². The van der Waals surface area contributed by atoms with Gasteiger partial charge >= 0.3 is 0 Å². The van der Waals surface area contributed by atoms with E-state index in [-0.39, 0.29) is 18.3 Å². The second kappa shape index (κ2) is 5.51. The highest BCUT2D eigenvalue weighted by atomic mass is 35.5. The predicted octanol–water partition coefficient (Wildman–Crippen LogP) is 1.44. The maximum Gasteiger partial charge on any atom is 0.245 e. The Balaban J connectivity index is 0.00000144. The van der Waals surface area contributed by atoms with Gasteiger partial charge in [0, 0.05) is 19.3 Å². The van der Waals surface area contributed by atoms with E-state index >= 15 is 0 Å². The molecule has 0 bridgehead atoms. The Bertz CT molecular complexity index is 385. The van der Waals surface area contributed by atoms with Gasteiger partial charge < -0.3 is 11.1 Å². The van der Waals surface area contributed by atoms with E-state index in [2.05, 4.69) is 10.4 Å². The zero-order chi connectivity index (χ0) is 11.6. The fraction of sp³-hybridized carbons (Fsp3) is 0.636. The number of nitrogens with two attached hydrogens (primary N) is 1. The van der Waals surface area contributed by atoms with Crippen molar-refractivity contribution in [3.63, 3.8) is 0 Å². The number of rotatable bonds is 2. The van der Waals surface area contributed by atoms with Crippen molar-refractivity contribution in [1.82, 2.24) is 9.78 Å². The third kappa shape index (κ3) is 3.20. The van der Waals surface area contributed by atoms with Crippen LogP contribution in [0.3, 0.4) is 0 Å². The third-order valence-corrected chi connectivity index (χ3v) is 3.15. The van der Waals surface area contributed by atoms with Crippen LogP contribution in [-0.4, -0.2) is 21.2 Å². The Hall–Kier alpha value is -1.07. The summed E-state index contributed by atoms with van der Waals surface area (Å²) in [6.07, 6.45) is 6.57. The molecule has 6 heteroatoms. The molecule has 5 nitrogen and oxygen atoms in total. The zero-order valence-corrected chi connectivity index (χ0v) is 10.8. The van der Waals surface area contributed by atoms with Crippen LogP contribution in [-0.2, 0) is 11.8 Å². The number of nitrogens with zero attached hydrogens (tertiary/aromatic N) is 2. The molecule has 2 rings (SSSR count). The molecule has 96 valence electrons. The number of carbonyl (C=O) groups is 1. The van der Waals surface area contributed by atoms with Crippen LogP contribution < -0.4 is 11.1 Å². The van der Waals surface area contributed by atoms with E-state index in [1.807, 2.05) is 7.05 Å². The fourth-order valence-electron chi connectivity index (χ4n) is 2.13. The number of nitrogens with one attached hydrogen (secondary N) is 1. The van der Waals surface area contributed by atoms with Gasteiger partial charge in [0.05, 0.1) is 5.54 Å². The van der Waals surface area contributed by atoms with Gasteiger partial charge in [-0.2, -0.15) is 5.10 Å². The van der Waals surface area contributed by atoms with Crippen LogP contribution in [0.1, 0.15) is 32.1 Å². The summed E-state index contributed by atoms with van der Waals surface area (Å²) in [7, 11) is 1.81. The summed E-state index contributed by atoms with van der Waals surface area (Å²) in [5.41, 5.74) is 5.41. The minimum absolute atomic E-state index is 0. The van der Waals surface area contributed by atoms with Gasteiger partial charge in [-0.3, -0.25) is 9.48 Å². The van der Waals surface area contributed by atoms with Gasteiger partial charge in [0.25, 0.3) is 0 Å². The molecule has 0 atom stereocenters. The van der Waals surface area contributed by atoms with Crippen molar-refractivity contribution in [3.05, 3.63) is 12.3 Å². The lowest BCUT2D eigenvalue weighted by Crippen LogP contribution is -2.52. The van der Waals surface area contributed by atoms with E-state index in [0.717, 1.165) is 25.7 Å². The highest BCUT2D eigenvalue weighted by Gasteiger charge is 2.35. The van der Waals surface area contributed by atoms with E-state index in [1.54, 1.807) is 16.9 Å². The molecule has 1 aliphatic carbocycles. The first kappa shape index (κ1) is 14.0. The largest absolute Gasteiger partial charge is 0.317 e. The summed E-state index contributed by atoms with van der Waals surface area (Å²) in [5.74, 6) is 0.466. The summed E-state index contributed by atoms with van der Waals surface area (Å²) < 4.78 is 1.65. The highest BCUT2D eigenvalue weighted by Crippen LogP contribution is 2.26. The lowest BCUT2D eigenvalue weighted by Gasteiger charge is -2.31. The van der Waals surface area contributed by atoms with Gasteiger partial charge in [-0.15, -0.1) is 12.4 Å². The smallest absolute Gasteiger partial charge is 0.245 e. The Kier molecular flexibility index (Phi) is 4.54. The summed E-state index contributed by atoms with van der Waals surface area (Å²) in [6, 6.07) is 1.77. The van der Waals surface area contributed by atoms with Crippen molar-refractivity contribution in [2.45, 2.75) is 37.6 Å². The molecule has 0 saturated heterocycles. The van der Waals surface area contributed by atoms with E-state index in [1.165, 1.54) is 6.42 Å². The molecule has 1 heterocycles. The fourth-order valence-corrected chi connectivity index (χ4v) is 2.13. The van der Waals surface area contributed by atoms with E-state index in [9.17, 15) is 4.79 Å². The van der Waals surface area contributed by atoms with Crippen LogP contribution in [0, 0.1) is 0 Å². The van der Waals surface area contributed by atoms with E-state index in [0.29, 0.717) is 5.82 Å². The van der Waals surface area contributed by atoms with Crippen LogP contribution in [0.5, 0.6) is 0 Å². The van der Waals surface area contributed by atoms with Gasteiger partial charge in [0.2, 0.25) is 5.91 Å². The minimum Gasteiger partial charge on any atom is -0.317 e. The maximum atomic E-state index is 12.0. The molecule has 0 aromatic carbocycles. The number of hydrogen-bond donors (Lipinski definition) is 2. The first-order valence-corrected chi connectivity index (χ1v) is 5.70. The third-order valence-electron chi connectivity index (χ3n) is 3.15. The quantitative estimate of drug-likeness (QED) is 0.843. The van der Waals surface area contributed by atoms with Gasteiger partial charge in [-0.25, -0.2) is 0 Å². The van der Waals surface area contributed by atoms with Crippen molar-refractivity contribution >= 4 is 24.1 Å². The Morgan fingerprint density at radius 1 is 1.47 bits per heavy atom. The van der Waals surface area contributed by atoms with Crippen LogP contribution in [0.25, 0.3) is 0 Å². The number of hydrogen-bond acceptors (Lipinski definition) is 3. The second-order valence-corrected chi connectivity index (χ2v) is 4.55. The molecular weight excluding hydrogens is 240 g/mol. The van der Waals surface area contributed by atoms with Crippen molar-refractivity contribution < 1.29 is 4.79 Å². The predicted molar refractivity (Wildman–Crippen MR) is 69.1 cm³/mol. The molecule has 1 saturated carbocycles. The lowest BCUT2D eigenvalue weighted by atomic mass is 9.82. The Morgan fingerprint density at radius 2 is 2.12 bits per heavy atom. The molecule has 1 amide bonds. The molecule has 1 aliphatic rings. The Labute approximate surface area is 107 Å². The summed E-state index contributed by atoms with van der Waals surface area (Å²) in [6.45, 7) is 0. The van der Waals surface area contributed by atoms with Crippen LogP contribution in [0.4, 0.5) is 5.82 Å². The maximum absolute atomic E-state index is 12.0. The molecule has 0 spiro atoms. The average molecular weight is 259 g/mol. The molecule has 1 aromatic rings. The molecule has 1 fully saturated rings. The van der Waals surface area contributed by atoms with Crippen LogP contribution in [0.15, 0.2) is 12.3 Å². The van der Waals surface area contributed by atoms with Crippen molar-refractivity contribution in [2.75, 3.05) is 5.32 Å². The number of halogens is 1. The number of amides is 1. The number of aromatic nitrogens is 2. The summed E-state index contributed by atoms with van der Waals surface area (Å²) in [4.78, 5) is 12.0. The Morgan fingerprint density at radius 3 is 2.65 bits per heavy atom.